The summed E-state index contributed by atoms with van der Waals surface area (Å²) in [7, 11) is 0. The van der Waals surface area contributed by atoms with Crippen LogP contribution in [0.25, 0.3) is 5.65 Å². The van der Waals surface area contributed by atoms with Crippen LogP contribution in [0.2, 0.25) is 0 Å². The van der Waals surface area contributed by atoms with Gasteiger partial charge in [0.2, 0.25) is 0 Å². The first-order valence-corrected chi connectivity index (χ1v) is 3.76. The highest BCUT2D eigenvalue weighted by molar-refractivity contribution is 5.49. The highest BCUT2D eigenvalue weighted by Crippen LogP contribution is 2.13. The molecule has 0 radical (unpaired) electrons. The van der Waals surface area contributed by atoms with Crippen LogP contribution in [0.1, 0.15) is 11.6 Å². The van der Waals surface area contributed by atoms with Crippen molar-refractivity contribution >= 4 is 5.65 Å². The minimum Gasteiger partial charge on any atom is -0.312 e. The van der Waals surface area contributed by atoms with E-state index in [9.17, 15) is 0 Å². The van der Waals surface area contributed by atoms with Crippen molar-refractivity contribution in [1.29, 1.82) is 5.26 Å². The van der Waals surface area contributed by atoms with E-state index in [2.05, 4.69) is 10.1 Å². The average molecular weight is 173 g/mol. The Morgan fingerprint density at radius 2 is 2.46 bits per heavy atom. The molecule has 0 aliphatic carbocycles. The van der Waals surface area contributed by atoms with Gasteiger partial charge in [0, 0.05) is 18.0 Å². The van der Waals surface area contributed by atoms with Crippen LogP contribution >= 0.6 is 0 Å². The Balaban J connectivity index is 2.66. The highest BCUT2D eigenvalue weighted by Gasteiger charge is 2.11. The van der Waals surface area contributed by atoms with E-state index in [0.29, 0.717) is 11.2 Å². The molecule has 0 aliphatic rings. The Kier molecular flexibility index (Phi) is 1.69. The van der Waals surface area contributed by atoms with Crippen LogP contribution in [0.15, 0.2) is 24.7 Å². The Labute approximate surface area is 74.4 Å². The van der Waals surface area contributed by atoms with E-state index in [-0.39, 0.29) is 0 Å². The molecular formula is C8H7N5. The smallest absolute Gasteiger partial charge is 0.160 e. The van der Waals surface area contributed by atoms with Crippen molar-refractivity contribution in [2.24, 2.45) is 5.73 Å². The number of nitrogens with two attached hydrogens (primary N) is 1. The summed E-state index contributed by atoms with van der Waals surface area (Å²) in [5, 5.41) is 12.6. The molecule has 0 saturated carbocycles. The Morgan fingerprint density at radius 1 is 1.62 bits per heavy atom. The van der Waals surface area contributed by atoms with Crippen LogP contribution in [-0.2, 0) is 0 Å². The molecule has 1 atom stereocenters. The van der Waals surface area contributed by atoms with Gasteiger partial charge in [0.1, 0.15) is 6.04 Å². The molecule has 0 aliphatic heterocycles. The van der Waals surface area contributed by atoms with Crippen molar-refractivity contribution in [2.75, 3.05) is 0 Å². The molecule has 2 heterocycles. The van der Waals surface area contributed by atoms with Crippen LogP contribution in [0.3, 0.4) is 0 Å². The fraction of sp³-hybridized carbons (Fsp3) is 0.125. The monoisotopic (exact) mass is 173 g/mol. The maximum Gasteiger partial charge on any atom is 0.160 e. The van der Waals surface area contributed by atoms with Crippen molar-refractivity contribution in [1.82, 2.24) is 14.6 Å². The third-order valence-corrected chi connectivity index (χ3v) is 1.78. The number of hydrogen-bond donors (Lipinski definition) is 1. The van der Waals surface area contributed by atoms with Gasteiger partial charge in [0.15, 0.2) is 5.65 Å². The fourth-order valence-corrected chi connectivity index (χ4v) is 1.13. The lowest BCUT2D eigenvalue weighted by molar-refractivity contribution is 0.928. The lowest BCUT2D eigenvalue weighted by Gasteiger charge is -1.97. The topological polar surface area (TPSA) is 80.0 Å². The molecule has 2 N–H and O–H groups in total. The number of nitrogens with zero attached hydrogens (tertiary/aromatic N) is 4. The van der Waals surface area contributed by atoms with Crippen molar-refractivity contribution in [3.05, 3.63) is 30.2 Å². The first-order valence-electron chi connectivity index (χ1n) is 3.76. The van der Waals surface area contributed by atoms with Crippen molar-refractivity contribution in [2.45, 2.75) is 6.04 Å². The van der Waals surface area contributed by atoms with Gasteiger partial charge in [-0.1, -0.05) is 0 Å². The Morgan fingerprint density at radius 3 is 3.23 bits per heavy atom. The Hall–Kier alpha value is -1.93. The van der Waals surface area contributed by atoms with E-state index in [0.717, 1.165) is 0 Å². The van der Waals surface area contributed by atoms with Crippen molar-refractivity contribution < 1.29 is 0 Å². The lowest BCUT2D eigenvalue weighted by Crippen LogP contribution is -2.07. The third-order valence-electron chi connectivity index (χ3n) is 1.78. The molecule has 64 valence electrons. The van der Waals surface area contributed by atoms with Gasteiger partial charge in [-0.15, -0.1) is 0 Å². The maximum atomic E-state index is 8.63. The standard InChI is InChI=1S/C8H7N5/c9-4-7(10)6-5-12-13-3-1-2-11-8(6)13/h1-3,5,7H,10H2. The van der Waals surface area contributed by atoms with E-state index < -0.39 is 6.04 Å². The molecule has 0 fully saturated rings. The van der Waals surface area contributed by atoms with Crippen LogP contribution in [-0.4, -0.2) is 14.6 Å². The molecule has 0 saturated heterocycles. The second kappa shape index (κ2) is 2.84. The summed E-state index contributed by atoms with van der Waals surface area (Å²) in [4.78, 5) is 4.08. The van der Waals surface area contributed by atoms with Crippen LogP contribution < -0.4 is 5.73 Å². The summed E-state index contributed by atoms with van der Waals surface area (Å²) < 4.78 is 1.59. The summed E-state index contributed by atoms with van der Waals surface area (Å²) in [5.74, 6) is 0. The summed E-state index contributed by atoms with van der Waals surface area (Å²) in [5.41, 5.74) is 6.84. The molecule has 2 aromatic heterocycles. The van der Waals surface area contributed by atoms with Gasteiger partial charge in [0.05, 0.1) is 12.3 Å². The summed E-state index contributed by atoms with van der Waals surface area (Å²) >= 11 is 0. The molecule has 0 spiro atoms. The summed E-state index contributed by atoms with van der Waals surface area (Å²) in [6.45, 7) is 0. The van der Waals surface area contributed by atoms with Gasteiger partial charge in [-0.2, -0.15) is 10.4 Å². The zero-order valence-electron chi connectivity index (χ0n) is 6.75. The van der Waals surface area contributed by atoms with Gasteiger partial charge < -0.3 is 5.73 Å². The van der Waals surface area contributed by atoms with E-state index in [1.807, 2.05) is 6.07 Å². The number of fused-ring (bicyclic) bond motifs is 1. The molecule has 0 amide bonds. The first-order chi connectivity index (χ1) is 6.33. The normalized spacial score (nSPS) is 12.6. The molecule has 13 heavy (non-hydrogen) atoms. The van der Waals surface area contributed by atoms with E-state index >= 15 is 0 Å². The molecule has 0 bridgehead atoms. The van der Waals surface area contributed by atoms with Crippen LogP contribution in [0.5, 0.6) is 0 Å². The largest absolute Gasteiger partial charge is 0.312 e. The Bertz CT molecular complexity index is 467. The number of aromatic nitrogens is 3. The second-order valence-electron chi connectivity index (χ2n) is 2.59. The van der Waals surface area contributed by atoms with Gasteiger partial charge in [-0.3, -0.25) is 0 Å². The quantitative estimate of drug-likeness (QED) is 0.670. The SMILES string of the molecule is N#CC(N)c1cnn2cccnc12. The molecule has 2 aromatic rings. The third kappa shape index (κ3) is 1.13. The molecule has 5 nitrogen and oxygen atoms in total. The molecule has 0 aromatic carbocycles. The highest BCUT2D eigenvalue weighted by atomic mass is 15.2. The average Bonchev–Trinajstić information content (AvgIpc) is 2.60. The molecule has 5 heteroatoms. The van der Waals surface area contributed by atoms with E-state index in [1.165, 1.54) is 0 Å². The van der Waals surface area contributed by atoms with Crippen LogP contribution in [0.4, 0.5) is 0 Å². The number of hydrogen-bond acceptors (Lipinski definition) is 4. The van der Waals surface area contributed by atoms with Crippen molar-refractivity contribution in [3.63, 3.8) is 0 Å². The predicted molar refractivity (Wildman–Crippen MR) is 45.5 cm³/mol. The minimum absolute atomic E-state index is 0.636. The van der Waals surface area contributed by atoms with E-state index in [1.54, 1.807) is 29.2 Å². The summed E-state index contributed by atoms with van der Waals surface area (Å²) in [6.07, 6.45) is 4.97. The fourth-order valence-electron chi connectivity index (χ4n) is 1.13. The molecular weight excluding hydrogens is 166 g/mol. The predicted octanol–water partition coefficient (Wildman–Crippen LogP) is 0.253. The lowest BCUT2D eigenvalue weighted by atomic mass is 10.2. The van der Waals surface area contributed by atoms with Crippen molar-refractivity contribution in [3.8, 4) is 6.07 Å². The second-order valence-corrected chi connectivity index (χ2v) is 2.59. The van der Waals surface area contributed by atoms with Gasteiger partial charge in [-0.25, -0.2) is 9.50 Å². The first kappa shape index (κ1) is 7.71. The number of rotatable bonds is 1. The number of nitriles is 1. The summed E-state index contributed by atoms with van der Waals surface area (Å²) in [6, 6.07) is 3.05. The maximum absolute atomic E-state index is 8.63. The van der Waals surface area contributed by atoms with Gasteiger partial charge in [-0.05, 0) is 6.07 Å². The van der Waals surface area contributed by atoms with Gasteiger partial charge >= 0.3 is 0 Å². The molecule has 1 unspecified atom stereocenters. The minimum atomic E-state index is -0.660. The van der Waals surface area contributed by atoms with Gasteiger partial charge in [0.25, 0.3) is 0 Å². The van der Waals surface area contributed by atoms with Crippen LogP contribution in [0, 0.1) is 11.3 Å². The van der Waals surface area contributed by atoms with E-state index in [4.69, 9.17) is 11.0 Å². The zero-order valence-corrected chi connectivity index (χ0v) is 6.75. The molecule has 2 rings (SSSR count). The zero-order chi connectivity index (χ0) is 9.26.